The fourth-order valence-corrected chi connectivity index (χ4v) is 2.96. The minimum absolute atomic E-state index is 0.0612. The lowest BCUT2D eigenvalue weighted by Crippen LogP contribution is -2.15. The third-order valence-electron chi connectivity index (χ3n) is 3.71. The molecule has 0 aliphatic rings. The van der Waals surface area contributed by atoms with E-state index in [4.69, 9.17) is 4.42 Å². The second-order valence-electron chi connectivity index (χ2n) is 5.53. The molecule has 3 aromatic rings. The van der Waals surface area contributed by atoms with Crippen molar-refractivity contribution in [1.82, 2.24) is 10.2 Å². The smallest absolute Gasteiger partial charge is 0.277 e. The molecule has 8 nitrogen and oxygen atoms in total. The monoisotopic (exact) mass is 384 g/mol. The number of nitrogens with one attached hydrogen (secondary N) is 1. The van der Waals surface area contributed by atoms with E-state index in [0.717, 1.165) is 29.4 Å². The number of carbonyl (C=O) groups is 1. The first-order valence-electron chi connectivity index (χ1n) is 8.15. The molecule has 27 heavy (non-hydrogen) atoms. The van der Waals surface area contributed by atoms with Crippen molar-refractivity contribution in [2.24, 2.45) is 0 Å². The third kappa shape index (κ3) is 4.70. The molecule has 0 aliphatic heterocycles. The van der Waals surface area contributed by atoms with Gasteiger partial charge in [0.05, 0.1) is 10.7 Å². The van der Waals surface area contributed by atoms with E-state index in [2.05, 4.69) is 15.5 Å². The van der Waals surface area contributed by atoms with Crippen molar-refractivity contribution in [3.8, 4) is 11.5 Å². The third-order valence-corrected chi connectivity index (χ3v) is 4.53. The molecule has 0 radical (unpaired) electrons. The highest BCUT2D eigenvalue weighted by Crippen LogP contribution is 2.26. The highest BCUT2D eigenvalue weighted by molar-refractivity contribution is 7.99. The summed E-state index contributed by atoms with van der Waals surface area (Å²) in [6.07, 6.45) is 0.819. The van der Waals surface area contributed by atoms with Crippen LogP contribution in [-0.2, 0) is 11.2 Å². The van der Waals surface area contributed by atoms with Crippen LogP contribution in [0.5, 0.6) is 0 Å². The zero-order valence-electron chi connectivity index (χ0n) is 14.4. The molecule has 3 rings (SSSR count). The molecule has 0 atom stereocenters. The number of thioether (sulfide) groups is 1. The van der Waals surface area contributed by atoms with Crippen LogP contribution in [0.25, 0.3) is 11.5 Å². The average molecular weight is 384 g/mol. The predicted octanol–water partition coefficient (Wildman–Crippen LogP) is 3.94. The van der Waals surface area contributed by atoms with E-state index < -0.39 is 4.92 Å². The average Bonchev–Trinajstić information content (AvgIpc) is 3.16. The number of anilines is 1. The number of non-ortho nitro benzene ring substituents is 1. The van der Waals surface area contributed by atoms with Crippen LogP contribution in [0.15, 0.2) is 58.2 Å². The van der Waals surface area contributed by atoms with Crippen LogP contribution in [0.4, 0.5) is 11.4 Å². The molecule has 0 unspecified atom stereocenters. The summed E-state index contributed by atoms with van der Waals surface area (Å²) >= 11 is 1.10. The molecule has 0 fully saturated rings. The van der Waals surface area contributed by atoms with Crippen molar-refractivity contribution in [2.75, 3.05) is 11.1 Å². The Labute approximate surface area is 159 Å². The molecule has 0 spiro atoms. The van der Waals surface area contributed by atoms with Crippen LogP contribution >= 0.6 is 11.8 Å². The van der Waals surface area contributed by atoms with Crippen molar-refractivity contribution in [3.63, 3.8) is 0 Å². The maximum atomic E-state index is 12.2. The molecule has 9 heteroatoms. The van der Waals surface area contributed by atoms with Gasteiger partial charge in [0.1, 0.15) is 0 Å². The summed E-state index contributed by atoms with van der Waals surface area (Å²) in [4.78, 5) is 22.5. The number of nitro groups is 1. The number of hydrogen-bond donors (Lipinski definition) is 1. The van der Waals surface area contributed by atoms with E-state index in [0.29, 0.717) is 5.56 Å². The quantitative estimate of drug-likeness (QED) is 0.373. The number of benzene rings is 2. The van der Waals surface area contributed by atoms with Gasteiger partial charge in [-0.3, -0.25) is 14.9 Å². The Morgan fingerprint density at radius 3 is 2.81 bits per heavy atom. The van der Waals surface area contributed by atoms with Crippen LogP contribution in [-0.4, -0.2) is 26.8 Å². The maximum absolute atomic E-state index is 12.2. The van der Waals surface area contributed by atoms with Gasteiger partial charge in [-0.2, -0.15) is 0 Å². The van der Waals surface area contributed by atoms with Crippen LogP contribution in [0.1, 0.15) is 12.5 Å². The van der Waals surface area contributed by atoms with Gasteiger partial charge in [-0.1, -0.05) is 43.0 Å². The normalized spacial score (nSPS) is 10.6. The van der Waals surface area contributed by atoms with Gasteiger partial charge < -0.3 is 9.73 Å². The van der Waals surface area contributed by atoms with Gasteiger partial charge in [-0.15, -0.1) is 10.2 Å². The van der Waals surface area contributed by atoms with Crippen molar-refractivity contribution in [3.05, 3.63) is 64.2 Å². The number of carbonyl (C=O) groups excluding carboxylic acids is 1. The summed E-state index contributed by atoms with van der Waals surface area (Å²) in [5, 5.41) is 21.7. The standard InChI is InChI=1S/C18H16N4O4S/c1-2-12-6-3-4-9-15(12)19-16(23)11-27-18-21-20-17(26-18)13-7-5-8-14(10-13)22(24)25/h3-10H,2,11H2,1H3,(H,19,23). The van der Waals surface area contributed by atoms with Gasteiger partial charge >= 0.3 is 0 Å². The second-order valence-corrected chi connectivity index (χ2v) is 6.45. The fourth-order valence-electron chi connectivity index (χ4n) is 2.40. The molecular weight excluding hydrogens is 368 g/mol. The molecule has 1 aromatic heterocycles. The van der Waals surface area contributed by atoms with E-state index in [-0.39, 0.29) is 28.5 Å². The number of aryl methyl sites for hydroxylation is 1. The van der Waals surface area contributed by atoms with Crippen molar-refractivity contribution in [2.45, 2.75) is 18.6 Å². The molecule has 0 saturated carbocycles. The minimum atomic E-state index is -0.492. The van der Waals surface area contributed by atoms with E-state index in [1.807, 2.05) is 31.2 Å². The number of nitro benzene ring substituents is 1. The van der Waals surface area contributed by atoms with Gasteiger partial charge in [0, 0.05) is 23.4 Å². The van der Waals surface area contributed by atoms with Gasteiger partial charge in [0.25, 0.3) is 10.9 Å². The van der Waals surface area contributed by atoms with Crippen LogP contribution in [0.2, 0.25) is 0 Å². The lowest BCUT2D eigenvalue weighted by molar-refractivity contribution is -0.384. The predicted molar refractivity (Wildman–Crippen MR) is 102 cm³/mol. The van der Waals surface area contributed by atoms with Crippen molar-refractivity contribution < 1.29 is 14.1 Å². The summed E-state index contributed by atoms with van der Waals surface area (Å²) in [5.74, 6) is 0.0863. The molecule has 0 bridgehead atoms. The van der Waals surface area contributed by atoms with Gasteiger partial charge in [0.2, 0.25) is 11.8 Å². The number of para-hydroxylation sites is 1. The molecular formula is C18H16N4O4S. The maximum Gasteiger partial charge on any atom is 0.277 e. The number of rotatable bonds is 7. The Hall–Kier alpha value is -3.20. The summed E-state index contributed by atoms with van der Waals surface area (Å²) < 4.78 is 5.49. The summed E-state index contributed by atoms with van der Waals surface area (Å²) in [5.41, 5.74) is 2.23. The SMILES string of the molecule is CCc1ccccc1NC(=O)CSc1nnc(-c2cccc([N+](=O)[O-])c2)o1. The van der Waals surface area contributed by atoms with Gasteiger partial charge in [0.15, 0.2) is 0 Å². The zero-order chi connectivity index (χ0) is 19.2. The van der Waals surface area contributed by atoms with Crippen LogP contribution in [0.3, 0.4) is 0 Å². The molecule has 1 amide bonds. The number of amides is 1. The van der Waals surface area contributed by atoms with E-state index >= 15 is 0 Å². The van der Waals surface area contributed by atoms with Gasteiger partial charge in [-0.05, 0) is 24.1 Å². The van der Waals surface area contributed by atoms with Crippen LogP contribution < -0.4 is 5.32 Å². The fraction of sp³-hybridized carbons (Fsp3) is 0.167. The first kappa shape index (κ1) is 18.6. The largest absolute Gasteiger partial charge is 0.411 e. The molecule has 2 aromatic carbocycles. The highest BCUT2D eigenvalue weighted by atomic mass is 32.2. The summed E-state index contributed by atoms with van der Waals surface area (Å²) in [6, 6.07) is 13.5. The first-order valence-corrected chi connectivity index (χ1v) is 9.14. The number of aromatic nitrogens is 2. The Morgan fingerprint density at radius 2 is 2.04 bits per heavy atom. The van der Waals surface area contributed by atoms with Crippen molar-refractivity contribution in [1.29, 1.82) is 0 Å². The highest BCUT2D eigenvalue weighted by Gasteiger charge is 2.14. The Morgan fingerprint density at radius 1 is 1.22 bits per heavy atom. The molecule has 1 N–H and O–H groups in total. The Balaban J connectivity index is 1.62. The second kappa shape index (κ2) is 8.45. The molecule has 1 heterocycles. The lowest BCUT2D eigenvalue weighted by Gasteiger charge is -2.08. The van der Waals surface area contributed by atoms with E-state index in [1.54, 1.807) is 12.1 Å². The Bertz CT molecular complexity index is 973. The lowest BCUT2D eigenvalue weighted by atomic mass is 10.1. The Kier molecular flexibility index (Phi) is 5.82. The zero-order valence-corrected chi connectivity index (χ0v) is 15.2. The first-order chi connectivity index (χ1) is 13.1. The molecule has 0 saturated heterocycles. The minimum Gasteiger partial charge on any atom is -0.411 e. The van der Waals surface area contributed by atoms with Crippen molar-refractivity contribution >= 4 is 29.0 Å². The van der Waals surface area contributed by atoms with E-state index in [9.17, 15) is 14.9 Å². The summed E-state index contributed by atoms with van der Waals surface area (Å²) in [7, 11) is 0. The summed E-state index contributed by atoms with van der Waals surface area (Å²) in [6.45, 7) is 2.02. The number of nitrogens with zero attached hydrogens (tertiary/aromatic N) is 3. The number of hydrogen-bond acceptors (Lipinski definition) is 7. The van der Waals surface area contributed by atoms with E-state index in [1.165, 1.54) is 12.1 Å². The molecule has 0 aliphatic carbocycles. The van der Waals surface area contributed by atoms with Crippen LogP contribution in [0, 0.1) is 10.1 Å². The molecule has 138 valence electrons. The topological polar surface area (TPSA) is 111 Å². The van der Waals surface area contributed by atoms with Gasteiger partial charge in [-0.25, -0.2) is 0 Å².